The Hall–Kier alpha value is -3.55. The summed E-state index contributed by atoms with van der Waals surface area (Å²) in [5, 5.41) is 11.9. The third-order valence-corrected chi connectivity index (χ3v) is 5.28. The van der Waals surface area contributed by atoms with Crippen molar-refractivity contribution in [2.75, 3.05) is 0 Å². The number of hydrogen-bond donors (Lipinski definition) is 1. The molecular weight excluding hydrogens is 383 g/mol. The highest BCUT2D eigenvalue weighted by Crippen LogP contribution is 2.20. The van der Waals surface area contributed by atoms with E-state index < -0.39 is 0 Å². The van der Waals surface area contributed by atoms with Gasteiger partial charge in [0.25, 0.3) is 5.91 Å². The Morgan fingerprint density at radius 3 is 2.57 bits per heavy atom. The molecule has 4 aromatic rings. The molecule has 0 saturated heterocycles. The van der Waals surface area contributed by atoms with Crippen LogP contribution in [0.5, 0.6) is 0 Å². The van der Waals surface area contributed by atoms with Crippen LogP contribution in [-0.4, -0.2) is 36.3 Å². The van der Waals surface area contributed by atoms with Crippen molar-refractivity contribution < 1.29 is 9.18 Å². The molecule has 0 aliphatic heterocycles. The topological polar surface area (TPSA) is 77.1 Å². The summed E-state index contributed by atoms with van der Waals surface area (Å²) in [6.07, 6.45) is 2.33. The number of halogens is 1. The number of amides is 1. The van der Waals surface area contributed by atoms with Gasteiger partial charge in [0, 0.05) is 36.6 Å². The summed E-state index contributed by atoms with van der Waals surface area (Å²) in [6.45, 7) is 5.96. The first-order valence-corrected chi connectivity index (χ1v) is 9.74. The monoisotopic (exact) mass is 406 g/mol. The van der Waals surface area contributed by atoms with Gasteiger partial charge in [0.05, 0.1) is 11.4 Å². The van der Waals surface area contributed by atoms with E-state index in [1.165, 1.54) is 12.1 Å². The Kier molecular flexibility index (Phi) is 5.07. The van der Waals surface area contributed by atoms with Crippen LogP contribution in [0.25, 0.3) is 16.9 Å². The number of hydrogen-bond acceptors (Lipinski definition) is 4. The minimum atomic E-state index is -0.308. The Morgan fingerprint density at radius 1 is 1.17 bits per heavy atom. The summed E-state index contributed by atoms with van der Waals surface area (Å²) >= 11 is 0. The van der Waals surface area contributed by atoms with Crippen molar-refractivity contribution in [3.05, 3.63) is 71.1 Å². The van der Waals surface area contributed by atoms with Crippen LogP contribution in [0.2, 0.25) is 0 Å². The minimum Gasteiger partial charge on any atom is -0.348 e. The van der Waals surface area contributed by atoms with E-state index in [1.54, 1.807) is 35.0 Å². The van der Waals surface area contributed by atoms with Gasteiger partial charge >= 0.3 is 0 Å². The second-order valence-electron chi connectivity index (χ2n) is 7.49. The number of aryl methyl sites for hydroxylation is 2. The van der Waals surface area contributed by atoms with Gasteiger partial charge in [-0.15, -0.1) is 0 Å². The first kappa shape index (κ1) is 19.8. The SMILES string of the molecule is Cc1nn(C)c(C)c1CC(C)NC(=O)c1cc2nccc(-c3ccc(F)cc3)n2n1. The zero-order chi connectivity index (χ0) is 21.4. The second-order valence-corrected chi connectivity index (χ2v) is 7.49. The lowest BCUT2D eigenvalue weighted by Crippen LogP contribution is -2.34. The molecule has 1 atom stereocenters. The van der Waals surface area contributed by atoms with Gasteiger partial charge in [-0.1, -0.05) is 0 Å². The number of benzene rings is 1. The molecule has 0 bridgehead atoms. The molecule has 0 aliphatic rings. The van der Waals surface area contributed by atoms with E-state index in [4.69, 9.17) is 0 Å². The molecule has 1 aromatic carbocycles. The fraction of sp³-hybridized carbons (Fsp3) is 0.273. The summed E-state index contributed by atoms with van der Waals surface area (Å²) in [7, 11) is 1.91. The lowest BCUT2D eigenvalue weighted by molar-refractivity contribution is 0.0934. The maximum atomic E-state index is 13.3. The third kappa shape index (κ3) is 3.68. The van der Waals surface area contributed by atoms with Crippen molar-refractivity contribution in [3.8, 4) is 11.3 Å². The molecule has 3 heterocycles. The summed E-state index contributed by atoms with van der Waals surface area (Å²) in [5.74, 6) is -0.574. The summed E-state index contributed by atoms with van der Waals surface area (Å²) in [4.78, 5) is 17.1. The summed E-state index contributed by atoms with van der Waals surface area (Å²) in [6, 6.07) is 9.47. The molecule has 4 rings (SSSR count). The average Bonchev–Trinajstić information content (AvgIpc) is 3.25. The van der Waals surface area contributed by atoms with Crippen LogP contribution in [-0.2, 0) is 13.5 Å². The van der Waals surface area contributed by atoms with Crippen molar-refractivity contribution >= 4 is 11.6 Å². The standard InChI is InChI=1S/C22H23FN6O/c1-13(11-18-14(2)26-28(4)15(18)3)25-22(30)19-12-21-24-10-9-20(29(21)27-19)16-5-7-17(23)8-6-16/h5-10,12-13H,11H2,1-4H3,(H,25,30). The Balaban J connectivity index is 1.56. The van der Waals surface area contributed by atoms with Crippen LogP contribution >= 0.6 is 0 Å². The number of nitrogens with one attached hydrogen (secondary N) is 1. The molecule has 1 N–H and O–H groups in total. The molecule has 0 saturated carbocycles. The smallest absolute Gasteiger partial charge is 0.272 e. The molecule has 8 heteroatoms. The van der Waals surface area contributed by atoms with Gasteiger partial charge in [-0.25, -0.2) is 13.9 Å². The normalized spacial score (nSPS) is 12.3. The molecule has 1 unspecified atom stereocenters. The first-order chi connectivity index (χ1) is 14.3. The number of fused-ring (bicyclic) bond motifs is 1. The summed E-state index contributed by atoms with van der Waals surface area (Å²) in [5.41, 5.74) is 5.55. The van der Waals surface area contributed by atoms with Crippen LogP contribution in [0.1, 0.15) is 34.4 Å². The zero-order valence-electron chi connectivity index (χ0n) is 17.3. The number of carbonyl (C=O) groups is 1. The maximum absolute atomic E-state index is 13.3. The zero-order valence-corrected chi connectivity index (χ0v) is 17.3. The van der Waals surface area contributed by atoms with Crippen LogP contribution in [0.15, 0.2) is 42.6 Å². The molecule has 0 spiro atoms. The molecule has 0 aliphatic carbocycles. The van der Waals surface area contributed by atoms with Crippen molar-refractivity contribution in [1.29, 1.82) is 0 Å². The number of aromatic nitrogens is 5. The van der Waals surface area contributed by atoms with E-state index in [0.717, 1.165) is 28.2 Å². The lowest BCUT2D eigenvalue weighted by atomic mass is 10.1. The molecule has 3 aromatic heterocycles. The Labute approximate surface area is 173 Å². The number of nitrogens with zero attached hydrogens (tertiary/aromatic N) is 5. The van der Waals surface area contributed by atoms with Gasteiger partial charge < -0.3 is 5.32 Å². The van der Waals surface area contributed by atoms with E-state index in [2.05, 4.69) is 20.5 Å². The van der Waals surface area contributed by atoms with Crippen molar-refractivity contribution in [3.63, 3.8) is 0 Å². The van der Waals surface area contributed by atoms with Crippen LogP contribution in [0.4, 0.5) is 4.39 Å². The third-order valence-electron chi connectivity index (χ3n) is 5.28. The highest BCUT2D eigenvalue weighted by Gasteiger charge is 2.18. The molecule has 0 radical (unpaired) electrons. The molecule has 30 heavy (non-hydrogen) atoms. The van der Waals surface area contributed by atoms with Crippen LogP contribution < -0.4 is 5.32 Å². The lowest BCUT2D eigenvalue weighted by Gasteiger charge is -2.13. The van der Waals surface area contributed by atoms with Crippen LogP contribution in [0.3, 0.4) is 0 Å². The number of rotatable bonds is 5. The van der Waals surface area contributed by atoms with Gasteiger partial charge in [0.2, 0.25) is 0 Å². The average molecular weight is 406 g/mol. The molecular formula is C22H23FN6O. The predicted molar refractivity (Wildman–Crippen MR) is 112 cm³/mol. The Bertz CT molecular complexity index is 1220. The van der Waals surface area contributed by atoms with E-state index in [9.17, 15) is 9.18 Å². The van der Waals surface area contributed by atoms with E-state index in [-0.39, 0.29) is 23.5 Å². The van der Waals surface area contributed by atoms with Crippen molar-refractivity contribution in [2.45, 2.75) is 33.2 Å². The fourth-order valence-electron chi connectivity index (χ4n) is 3.61. The van der Waals surface area contributed by atoms with Gasteiger partial charge in [-0.2, -0.15) is 10.2 Å². The highest BCUT2D eigenvalue weighted by molar-refractivity contribution is 5.93. The maximum Gasteiger partial charge on any atom is 0.272 e. The molecule has 154 valence electrons. The Morgan fingerprint density at radius 2 is 1.90 bits per heavy atom. The molecule has 7 nitrogen and oxygen atoms in total. The van der Waals surface area contributed by atoms with Crippen molar-refractivity contribution in [2.24, 2.45) is 7.05 Å². The largest absolute Gasteiger partial charge is 0.348 e. The van der Waals surface area contributed by atoms with Gasteiger partial charge in [-0.05, 0) is 63.1 Å². The fourth-order valence-corrected chi connectivity index (χ4v) is 3.61. The van der Waals surface area contributed by atoms with Crippen molar-refractivity contribution in [1.82, 2.24) is 29.7 Å². The highest BCUT2D eigenvalue weighted by atomic mass is 19.1. The van der Waals surface area contributed by atoms with E-state index in [0.29, 0.717) is 12.1 Å². The van der Waals surface area contributed by atoms with Gasteiger partial charge in [0.1, 0.15) is 5.82 Å². The summed E-state index contributed by atoms with van der Waals surface area (Å²) < 4.78 is 16.7. The van der Waals surface area contributed by atoms with Gasteiger partial charge in [0.15, 0.2) is 11.3 Å². The van der Waals surface area contributed by atoms with Crippen LogP contribution in [0, 0.1) is 19.7 Å². The quantitative estimate of drug-likeness (QED) is 0.552. The van der Waals surface area contributed by atoms with E-state index >= 15 is 0 Å². The number of carbonyl (C=O) groups excluding carboxylic acids is 1. The first-order valence-electron chi connectivity index (χ1n) is 9.74. The van der Waals surface area contributed by atoms with Gasteiger partial charge in [-0.3, -0.25) is 9.48 Å². The second kappa shape index (κ2) is 7.70. The van der Waals surface area contributed by atoms with E-state index in [1.807, 2.05) is 32.5 Å². The molecule has 1 amide bonds. The minimum absolute atomic E-state index is 0.0894. The molecule has 0 fully saturated rings. The predicted octanol–water partition coefficient (Wildman–Crippen LogP) is 3.25.